The van der Waals surface area contributed by atoms with E-state index in [1.165, 1.54) is 0 Å². The first-order valence-electron chi connectivity index (χ1n) is 8.10. The number of hydrogen-bond acceptors (Lipinski definition) is 4. The zero-order valence-corrected chi connectivity index (χ0v) is 15.8. The number of ether oxygens (including phenoxy) is 1. The van der Waals surface area contributed by atoms with E-state index in [9.17, 15) is 9.90 Å². The van der Waals surface area contributed by atoms with Crippen molar-refractivity contribution in [1.29, 1.82) is 0 Å². The molecule has 0 fully saturated rings. The van der Waals surface area contributed by atoms with Crippen LogP contribution in [-0.2, 0) is 4.74 Å². The molecule has 0 aliphatic carbocycles. The lowest BCUT2D eigenvalue weighted by molar-refractivity contribution is -0.00708. The van der Waals surface area contributed by atoms with Gasteiger partial charge in [-0.15, -0.1) is 0 Å². The molecule has 0 saturated heterocycles. The van der Waals surface area contributed by atoms with Gasteiger partial charge in [-0.1, -0.05) is 13.8 Å². The summed E-state index contributed by atoms with van der Waals surface area (Å²) in [5.74, 6) is 0.661. The summed E-state index contributed by atoms with van der Waals surface area (Å²) in [6, 6.07) is 0. The Morgan fingerprint density at radius 1 is 1.05 bits per heavy atom. The fourth-order valence-electron chi connectivity index (χ4n) is 1.67. The Morgan fingerprint density at radius 3 is 1.91 bits per heavy atom. The number of nitrogens with one attached hydrogen (secondary N) is 2. The monoisotopic (exact) mass is 316 g/mol. The molecule has 1 atom stereocenters. The molecular weight excluding hydrogens is 280 g/mol. The molecular formula is C17H36N2O3. The van der Waals surface area contributed by atoms with Crippen molar-refractivity contribution in [3.8, 4) is 0 Å². The molecule has 5 heteroatoms. The van der Waals surface area contributed by atoms with Gasteiger partial charge in [-0.3, -0.25) is 0 Å². The zero-order chi connectivity index (χ0) is 17.8. The highest BCUT2D eigenvalue weighted by atomic mass is 16.6. The molecule has 0 spiro atoms. The highest BCUT2D eigenvalue weighted by Gasteiger charge is 2.35. The molecule has 1 amide bonds. The van der Waals surface area contributed by atoms with E-state index in [4.69, 9.17) is 4.74 Å². The predicted molar refractivity (Wildman–Crippen MR) is 90.9 cm³/mol. The number of carbonyl (C=O) groups excluding carboxylic acids is 1. The zero-order valence-electron chi connectivity index (χ0n) is 15.8. The van der Waals surface area contributed by atoms with Gasteiger partial charge in [0.25, 0.3) is 0 Å². The van der Waals surface area contributed by atoms with Gasteiger partial charge in [-0.25, -0.2) is 4.79 Å². The molecule has 0 rings (SSSR count). The van der Waals surface area contributed by atoms with Crippen LogP contribution < -0.4 is 10.6 Å². The minimum absolute atomic E-state index is 0.258. The van der Waals surface area contributed by atoms with Crippen LogP contribution in [0.5, 0.6) is 0 Å². The van der Waals surface area contributed by atoms with Gasteiger partial charge in [0.15, 0.2) is 0 Å². The Hall–Kier alpha value is -0.810. The number of amides is 1. The molecule has 0 aliphatic rings. The van der Waals surface area contributed by atoms with E-state index < -0.39 is 16.7 Å². The second-order valence-electron chi connectivity index (χ2n) is 8.45. The second-order valence-corrected chi connectivity index (χ2v) is 8.45. The standard InChI is InChI=1S/C17H36N2O3/c1-12(2)13(10-18-14(20)22-15(3,4)5)11-19-16(6,7)17(8,9)21/h12-13,19,21H,10-11H2,1-9H3,(H,18,20). The number of rotatable bonds is 7. The lowest BCUT2D eigenvalue weighted by Gasteiger charge is -2.39. The summed E-state index contributed by atoms with van der Waals surface area (Å²) in [5, 5.41) is 16.4. The summed E-state index contributed by atoms with van der Waals surface area (Å²) >= 11 is 0. The van der Waals surface area contributed by atoms with Crippen molar-refractivity contribution >= 4 is 6.09 Å². The van der Waals surface area contributed by atoms with Gasteiger partial charge in [0.05, 0.1) is 5.60 Å². The first-order chi connectivity index (χ1) is 9.66. The average molecular weight is 316 g/mol. The van der Waals surface area contributed by atoms with Gasteiger partial charge in [-0.05, 0) is 60.3 Å². The molecule has 0 radical (unpaired) electrons. The van der Waals surface area contributed by atoms with Gasteiger partial charge in [0.1, 0.15) is 5.60 Å². The molecule has 3 N–H and O–H groups in total. The van der Waals surface area contributed by atoms with Crippen LogP contribution in [0.2, 0.25) is 0 Å². The highest BCUT2D eigenvalue weighted by molar-refractivity contribution is 5.67. The van der Waals surface area contributed by atoms with Crippen molar-refractivity contribution in [2.24, 2.45) is 11.8 Å². The maximum Gasteiger partial charge on any atom is 0.407 e. The summed E-state index contributed by atoms with van der Waals surface area (Å²) in [7, 11) is 0. The Kier molecular flexibility index (Phi) is 7.36. The molecule has 0 heterocycles. The SMILES string of the molecule is CC(C)C(CNC(=O)OC(C)(C)C)CNC(C)(C)C(C)(C)O. The first-order valence-corrected chi connectivity index (χ1v) is 8.10. The van der Waals surface area contributed by atoms with Crippen LogP contribution in [0.25, 0.3) is 0 Å². The third-order valence-electron chi connectivity index (χ3n) is 4.19. The summed E-state index contributed by atoms with van der Waals surface area (Å²) in [4.78, 5) is 11.8. The minimum Gasteiger partial charge on any atom is -0.444 e. The van der Waals surface area contributed by atoms with Gasteiger partial charge in [0.2, 0.25) is 0 Å². The predicted octanol–water partition coefficient (Wildman–Crippen LogP) is 2.92. The second kappa shape index (κ2) is 7.64. The lowest BCUT2D eigenvalue weighted by Crippen LogP contribution is -2.57. The molecule has 1 unspecified atom stereocenters. The molecule has 132 valence electrons. The number of aliphatic hydroxyl groups is 1. The number of alkyl carbamates (subject to hydrolysis) is 1. The minimum atomic E-state index is -0.826. The van der Waals surface area contributed by atoms with Crippen molar-refractivity contribution in [3.63, 3.8) is 0 Å². The van der Waals surface area contributed by atoms with Crippen LogP contribution >= 0.6 is 0 Å². The fraction of sp³-hybridized carbons (Fsp3) is 0.941. The van der Waals surface area contributed by atoms with E-state index in [2.05, 4.69) is 24.5 Å². The Labute approximate surface area is 136 Å². The maximum absolute atomic E-state index is 11.8. The van der Waals surface area contributed by atoms with E-state index in [1.807, 2.05) is 34.6 Å². The molecule has 0 aromatic carbocycles. The summed E-state index contributed by atoms with van der Waals surface area (Å²) in [5.41, 5.74) is -1.72. The Bertz CT molecular complexity index is 352. The van der Waals surface area contributed by atoms with Crippen molar-refractivity contribution in [3.05, 3.63) is 0 Å². The summed E-state index contributed by atoms with van der Waals surface area (Å²) in [6.07, 6.45) is -0.389. The van der Waals surface area contributed by atoms with E-state index in [0.29, 0.717) is 19.0 Å². The fourth-order valence-corrected chi connectivity index (χ4v) is 1.67. The molecule has 5 nitrogen and oxygen atoms in total. The molecule has 0 aromatic rings. The number of hydrogen-bond donors (Lipinski definition) is 3. The van der Waals surface area contributed by atoms with Crippen LogP contribution in [0.15, 0.2) is 0 Å². The molecule has 0 aliphatic heterocycles. The number of carbonyl (C=O) groups is 1. The normalized spacial score (nSPS) is 14.9. The summed E-state index contributed by atoms with van der Waals surface area (Å²) < 4.78 is 5.26. The van der Waals surface area contributed by atoms with Gasteiger partial charge in [-0.2, -0.15) is 0 Å². The van der Waals surface area contributed by atoms with Crippen LogP contribution in [0.1, 0.15) is 62.3 Å². The third kappa shape index (κ3) is 7.99. The van der Waals surface area contributed by atoms with Crippen molar-refractivity contribution in [2.75, 3.05) is 13.1 Å². The molecule has 0 bridgehead atoms. The Morgan fingerprint density at radius 2 is 1.55 bits per heavy atom. The Balaban J connectivity index is 4.49. The third-order valence-corrected chi connectivity index (χ3v) is 4.19. The van der Waals surface area contributed by atoms with Gasteiger partial charge < -0.3 is 20.5 Å². The molecule has 0 saturated carbocycles. The molecule has 22 heavy (non-hydrogen) atoms. The van der Waals surface area contributed by atoms with E-state index >= 15 is 0 Å². The largest absolute Gasteiger partial charge is 0.444 e. The summed E-state index contributed by atoms with van der Waals surface area (Å²) in [6.45, 7) is 18.6. The quantitative estimate of drug-likeness (QED) is 0.675. The van der Waals surface area contributed by atoms with E-state index in [1.54, 1.807) is 13.8 Å². The molecule has 0 aromatic heterocycles. The van der Waals surface area contributed by atoms with E-state index in [-0.39, 0.29) is 12.0 Å². The van der Waals surface area contributed by atoms with Crippen molar-refractivity contribution in [2.45, 2.75) is 79.1 Å². The highest BCUT2D eigenvalue weighted by Crippen LogP contribution is 2.21. The van der Waals surface area contributed by atoms with Crippen molar-refractivity contribution in [1.82, 2.24) is 10.6 Å². The van der Waals surface area contributed by atoms with Crippen LogP contribution in [0, 0.1) is 11.8 Å². The van der Waals surface area contributed by atoms with Crippen LogP contribution in [-0.4, -0.2) is 41.0 Å². The van der Waals surface area contributed by atoms with Gasteiger partial charge in [0, 0.05) is 18.6 Å². The first kappa shape index (κ1) is 21.2. The van der Waals surface area contributed by atoms with Crippen LogP contribution in [0.3, 0.4) is 0 Å². The maximum atomic E-state index is 11.8. The topological polar surface area (TPSA) is 70.6 Å². The van der Waals surface area contributed by atoms with E-state index in [0.717, 1.165) is 0 Å². The lowest BCUT2D eigenvalue weighted by atomic mass is 9.85. The van der Waals surface area contributed by atoms with Crippen LogP contribution in [0.4, 0.5) is 4.79 Å². The van der Waals surface area contributed by atoms with Crippen molar-refractivity contribution < 1.29 is 14.6 Å². The van der Waals surface area contributed by atoms with Gasteiger partial charge >= 0.3 is 6.09 Å². The smallest absolute Gasteiger partial charge is 0.407 e. The average Bonchev–Trinajstić information content (AvgIpc) is 2.23.